The molecule has 0 radical (unpaired) electrons. The standard InChI is InChI=1S/C28H28N4O5/c1-37-28-15-9-8-14-23(28)26(30-29-25-17-16-22(31(33)34)18-27(25)32(35)36)19-24(20-10-4-2-5-11-20)21-12-6-3-7-13-21/h2-7,10-13,16-19,23,28-29H,8-9,14-15H2,1H3/b30-26-/t23-,28+/m0/s1. The van der Waals surface area contributed by atoms with Gasteiger partial charge in [0, 0.05) is 19.1 Å². The molecule has 4 rings (SSSR count). The van der Waals surface area contributed by atoms with Crippen molar-refractivity contribution in [2.45, 2.75) is 31.8 Å². The normalized spacial score (nSPS) is 17.6. The molecule has 2 atom stereocenters. The van der Waals surface area contributed by atoms with Crippen LogP contribution in [0.5, 0.6) is 0 Å². The number of nitrogens with one attached hydrogen (secondary N) is 1. The third-order valence-electron chi connectivity index (χ3n) is 6.54. The minimum atomic E-state index is -0.661. The van der Waals surface area contributed by atoms with Gasteiger partial charge in [-0.2, -0.15) is 5.10 Å². The maximum Gasteiger partial charge on any atom is 0.301 e. The number of nitro benzene ring substituents is 2. The van der Waals surface area contributed by atoms with Gasteiger partial charge in [-0.25, -0.2) is 0 Å². The monoisotopic (exact) mass is 500 g/mol. The van der Waals surface area contributed by atoms with Crippen LogP contribution in [0.4, 0.5) is 17.1 Å². The number of nitrogens with zero attached hydrogens (tertiary/aromatic N) is 3. The molecule has 0 heterocycles. The highest BCUT2D eigenvalue weighted by Gasteiger charge is 2.29. The Labute approximate surface area is 214 Å². The van der Waals surface area contributed by atoms with Crippen molar-refractivity contribution < 1.29 is 14.6 Å². The lowest BCUT2D eigenvalue weighted by molar-refractivity contribution is -0.393. The molecule has 1 saturated carbocycles. The summed E-state index contributed by atoms with van der Waals surface area (Å²) in [6.07, 6.45) is 5.77. The fourth-order valence-corrected chi connectivity index (χ4v) is 4.66. The van der Waals surface area contributed by atoms with E-state index in [9.17, 15) is 20.2 Å². The number of allylic oxidation sites excluding steroid dienone is 1. The first-order valence-corrected chi connectivity index (χ1v) is 12.1. The third kappa shape index (κ3) is 6.25. The average Bonchev–Trinajstić information content (AvgIpc) is 2.94. The van der Waals surface area contributed by atoms with Gasteiger partial charge in [-0.05, 0) is 41.7 Å². The highest BCUT2D eigenvalue weighted by Crippen LogP contribution is 2.33. The lowest BCUT2D eigenvalue weighted by Gasteiger charge is -2.30. The van der Waals surface area contributed by atoms with E-state index in [2.05, 4.69) is 10.5 Å². The minimum Gasteiger partial charge on any atom is -0.381 e. The third-order valence-corrected chi connectivity index (χ3v) is 6.54. The number of hydrogen-bond donors (Lipinski definition) is 1. The molecule has 0 saturated heterocycles. The summed E-state index contributed by atoms with van der Waals surface area (Å²) in [6, 6.07) is 23.4. The van der Waals surface area contributed by atoms with Crippen LogP contribution in [0.25, 0.3) is 5.57 Å². The summed E-state index contributed by atoms with van der Waals surface area (Å²) in [6.45, 7) is 0. The lowest BCUT2D eigenvalue weighted by Crippen LogP contribution is -2.32. The van der Waals surface area contributed by atoms with Crippen LogP contribution in [0.3, 0.4) is 0 Å². The summed E-state index contributed by atoms with van der Waals surface area (Å²) in [5, 5.41) is 27.4. The molecule has 0 amide bonds. The molecule has 1 aliphatic rings. The van der Waals surface area contributed by atoms with Gasteiger partial charge in [-0.15, -0.1) is 0 Å². The molecule has 37 heavy (non-hydrogen) atoms. The summed E-state index contributed by atoms with van der Waals surface area (Å²) in [4.78, 5) is 21.5. The van der Waals surface area contributed by atoms with Crippen molar-refractivity contribution in [3.8, 4) is 0 Å². The summed E-state index contributed by atoms with van der Waals surface area (Å²) < 4.78 is 5.81. The molecule has 0 aromatic heterocycles. The van der Waals surface area contributed by atoms with Gasteiger partial charge in [-0.3, -0.25) is 25.7 Å². The molecule has 0 unspecified atom stereocenters. The van der Waals surface area contributed by atoms with Crippen LogP contribution >= 0.6 is 0 Å². The second-order valence-electron chi connectivity index (χ2n) is 8.82. The van der Waals surface area contributed by atoms with E-state index in [1.807, 2.05) is 66.7 Å². The van der Waals surface area contributed by atoms with E-state index in [0.29, 0.717) is 5.71 Å². The van der Waals surface area contributed by atoms with E-state index in [1.165, 1.54) is 12.1 Å². The molecule has 1 N–H and O–H groups in total. The first kappa shape index (κ1) is 25.7. The number of methoxy groups -OCH3 is 1. The fourth-order valence-electron chi connectivity index (χ4n) is 4.66. The maximum atomic E-state index is 11.7. The molecule has 1 fully saturated rings. The van der Waals surface area contributed by atoms with Gasteiger partial charge in [0.1, 0.15) is 5.69 Å². The van der Waals surface area contributed by atoms with Gasteiger partial charge in [0.2, 0.25) is 0 Å². The van der Waals surface area contributed by atoms with Gasteiger partial charge < -0.3 is 4.74 Å². The van der Waals surface area contributed by atoms with Crippen LogP contribution in [-0.2, 0) is 4.74 Å². The van der Waals surface area contributed by atoms with Gasteiger partial charge in [0.25, 0.3) is 5.69 Å². The van der Waals surface area contributed by atoms with E-state index >= 15 is 0 Å². The van der Waals surface area contributed by atoms with Gasteiger partial charge in [0.05, 0.1) is 27.7 Å². The largest absolute Gasteiger partial charge is 0.381 e. The Morgan fingerprint density at radius 2 is 1.54 bits per heavy atom. The average molecular weight is 501 g/mol. The molecular formula is C28H28N4O5. The fraction of sp³-hybridized carbons (Fsp3) is 0.250. The first-order valence-electron chi connectivity index (χ1n) is 12.1. The van der Waals surface area contributed by atoms with Crippen molar-refractivity contribution in [2.75, 3.05) is 12.5 Å². The van der Waals surface area contributed by atoms with Crippen molar-refractivity contribution in [1.29, 1.82) is 0 Å². The van der Waals surface area contributed by atoms with Crippen LogP contribution < -0.4 is 5.43 Å². The van der Waals surface area contributed by atoms with Crippen LogP contribution in [0.15, 0.2) is 90.0 Å². The molecule has 3 aromatic carbocycles. The zero-order valence-electron chi connectivity index (χ0n) is 20.4. The first-order chi connectivity index (χ1) is 18.0. The Kier molecular flexibility index (Phi) is 8.37. The SMILES string of the molecule is CO[C@@H]1CCCC[C@H]1/C(C=C(c1ccccc1)c1ccccc1)=N\Nc1ccc([N+](=O)[O-])cc1[N+](=O)[O-]. The van der Waals surface area contributed by atoms with Crippen LogP contribution in [0.2, 0.25) is 0 Å². The second kappa shape index (κ2) is 12.0. The number of ether oxygens (including phenoxy) is 1. The number of rotatable bonds is 9. The minimum absolute atomic E-state index is 0.0363. The highest BCUT2D eigenvalue weighted by atomic mass is 16.6. The predicted octanol–water partition coefficient (Wildman–Crippen LogP) is 6.61. The van der Waals surface area contributed by atoms with Gasteiger partial charge in [-0.1, -0.05) is 73.5 Å². The molecule has 9 heteroatoms. The molecule has 190 valence electrons. The quantitative estimate of drug-likeness (QED) is 0.201. The Morgan fingerprint density at radius 3 is 2.11 bits per heavy atom. The van der Waals surface area contributed by atoms with Crippen LogP contribution in [0, 0.1) is 26.1 Å². The van der Waals surface area contributed by atoms with E-state index < -0.39 is 15.5 Å². The number of hydrogen-bond acceptors (Lipinski definition) is 7. The lowest BCUT2D eigenvalue weighted by atomic mass is 9.81. The van der Waals surface area contributed by atoms with Gasteiger partial charge in [0.15, 0.2) is 0 Å². The summed E-state index contributed by atoms with van der Waals surface area (Å²) in [5.41, 5.74) is 5.80. The Balaban J connectivity index is 1.83. The van der Waals surface area contributed by atoms with Crippen molar-refractivity contribution in [2.24, 2.45) is 11.0 Å². The zero-order valence-corrected chi connectivity index (χ0v) is 20.4. The smallest absolute Gasteiger partial charge is 0.301 e. The second-order valence-corrected chi connectivity index (χ2v) is 8.82. The summed E-state index contributed by atoms with van der Waals surface area (Å²) in [5.74, 6) is -0.0363. The maximum absolute atomic E-state index is 11.7. The number of nitro groups is 2. The van der Waals surface area contributed by atoms with E-state index in [4.69, 9.17) is 4.74 Å². The Bertz CT molecular complexity index is 1270. The van der Waals surface area contributed by atoms with E-state index in [0.717, 1.165) is 48.4 Å². The Hall–Kier alpha value is -4.37. The van der Waals surface area contributed by atoms with Crippen LogP contribution in [0.1, 0.15) is 36.8 Å². The van der Waals surface area contributed by atoms with Crippen molar-refractivity contribution >= 4 is 28.3 Å². The van der Waals surface area contributed by atoms with E-state index in [1.54, 1.807) is 7.11 Å². The van der Waals surface area contributed by atoms with Crippen molar-refractivity contribution in [1.82, 2.24) is 0 Å². The number of anilines is 1. The highest BCUT2D eigenvalue weighted by molar-refractivity contribution is 6.05. The number of benzene rings is 3. The number of hydrazone groups is 1. The topological polar surface area (TPSA) is 120 Å². The van der Waals surface area contributed by atoms with E-state index in [-0.39, 0.29) is 23.4 Å². The molecule has 0 spiro atoms. The molecule has 0 aliphatic heterocycles. The van der Waals surface area contributed by atoms with Crippen LogP contribution in [-0.4, -0.2) is 28.8 Å². The van der Waals surface area contributed by atoms with Crippen molar-refractivity contribution in [3.05, 3.63) is 116 Å². The van der Waals surface area contributed by atoms with Crippen molar-refractivity contribution in [3.63, 3.8) is 0 Å². The molecule has 1 aliphatic carbocycles. The molecular weight excluding hydrogens is 472 g/mol. The molecule has 3 aromatic rings. The molecule has 9 nitrogen and oxygen atoms in total. The number of non-ortho nitro benzene ring substituents is 1. The zero-order chi connectivity index (χ0) is 26.2. The summed E-state index contributed by atoms with van der Waals surface area (Å²) in [7, 11) is 1.69. The Morgan fingerprint density at radius 1 is 0.919 bits per heavy atom. The van der Waals surface area contributed by atoms with Gasteiger partial charge >= 0.3 is 5.69 Å². The predicted molar refractivity (Wildman–Crippen MR) is 144 cm³/mol. The summed E-state index contributed by atoms with van der Waals surface area (Å²) >= 11 is 0. The molecule has 0 bridgehead atoms.